The maximum Gasteiger partial charge on any atom is 0.275 e. The monoisotopic (exact) mass is 516 g/mol. The van der Waals surface area contributed by atoms with E-state index in [0.29, 0.717) is 17.9 Å². The number of ether oxygens (including phenoxy) is 2. The van der Waals surface area contributed by atoms with E-state index in [0.717, 1.165) is 25.8 Å². The predicted molar refractivity (Wildman–Crippen MR) is 121 cm³/mol. The van der Waals surface area contributed by atoms with Crippen LogP contribution in [0, 0.1) is 0 Å². The van der Waals surface area contributed by atoms with Gasteiger partial charge in [-0.3, -0.25) is 4.79 Å². The molecule has 7 heteroatoms. The number of hydrogen-bond acceptors (Lipinski definition) is 4. The highest BCUT2D eigenvalue weighted by atomic mass is 79.9. The summed E-state index contributed by atoms with van der Waals surface area (Å²) in [4.78, 5) is 12.2. The maximum atomic E-state index is 12.2. The van der Waals surface area contributed by atoms with Gasteiger partial charge in [-0.05, 0) is 54.1 Å². The molecule has 0 unspecified atom stereocenters. The molecule has 0 aromatic heterocycles. The van der Waals surface area contributed by atoms with Gasteiger partial charge in [0.1, 0.15) is 18.1 Å². The van der Waals surface area contributed by atoms with Crippen molar-refractivity contribution in [2.75, 3.05) is 7.11 Å². The van der Waals surface area contributed by atoms with Gasteiger partial charge >= 0.3 is 0 Å². The van der Waals surface area contributed by atoms with E-state index in [1.807, 2.05) is 42.5 Å². The van der Waals surface area contributed by atoms with Gasteiger partial charge in [-0.25, -0.2) is 5.43 Å². The summed E-state index contributed by atoms with van der Waals surface area (Å²) in [6.45, 7) is 0.455. The summed E-state index contributed by atoms with van der Waals surface area (Å²) >= 11 is 6.96. The van der Waals surface area contributed by atoms with Crippen LogP contribution in [0.4, 0.5) is 0 Å². The third kappa shape index (κ3) is 5.92. The van der Waals surface area contributed by atoms with Crippen LogP contribution in [0.1, 0.15) is 21.5 Å². The van der Waals surface area contributed by atoms with Crippen molar-refractivity contribution in [1.29, 1.82) is 0 Å². The van der Waals surface area contributed by atoms with Gasteiger partial charge in [0.15, 0.2) is 0 Å². The van der Waals surface area contributed by atoms with Gasteiger partial charge in [0.25, 0.3) is 5.91 Å². The number of nitrogens with zero attached hydrogens (tertiary/aromatic N) is 1. The Balaban J connectivity index is 1.55. The van der Waals surface area contributed by atoms with Gasteiger partial charge in [-0.1, -0.05) is 50.1 Å². The molecule has 29 heavy (non-hydrogen) atoms. The molecule has 0 aliphatic rings. The lowest BCUT2D eigenvalue weighted by Gasteiger charge is -2.08. The molecule has 0 bridgehead atoms. The minimum Gasteiger partial charge on any atom is -0.496 e. The number of methoxy groups -OCH3 is 1. The molecule has 0 saturated carbocycles. The third-order valence-corrected chi connectivity index (χ3v) is 5.25. The Hall–Kier alpha value is -2.64. The molecule has 1 amide bonds. The van der Waals surface area contributed by atoms with E-state index in [9.17, 15) is 4.79 Å². The van der Waals surface area contributed by atoms with Gasteiger partial charge in [-0.15, -0.1) is 0 Å². The van der Waals surface area contributed by atoms with Crippen LogP contribution in [0.15, 0.2) is 80.8 Å². The topological polar surface area (TPSA) is 59.9 Å². The molecule has 5 nitrogen and oxygen atoms in total. The van der Waals surface area contributed by atoms with Crippen LogP contribution in [0.2, 0.25) is 0 Å². The van der Waals surface area contributed by atoms with Crippen molar-refractivity contribution in [1.82, 2.24) is 5.43 Å². The van der Waals surface area contributed by atoms with Crippen molar-refractivity contribution < 1.29 is 14.3 Å². The Bertz CT molecular complexity index is 1020. The van der Waals surface area contributed by atoms with Gasteiger partial charge in [0.05, 0.1) is 18.9 Å². The zero-order valence-electron chi connectivity index (χ0n) is 15.6. The number of halogens is 2. The van der Waals surface area contributed by atoms with Crippen LogP contribution in [0.5, 0.6) is 11.5 Å². The largest absolute Gasteiger partial charge is 0.496 e. The molecule has 0 fully saturated rings. The van der Waals surface area contributed by atoms with Crippen LogP contribution in [-0.4, -0.2) is 19.2 Å². The Labute approximate surface area is 186 Å². The molecule has 0 saturated heterocycles. The van der Waals surface area contributed by atoms with E-state index in [4.69, 9.17) is 9.47 Å². The fraction of sp³-hybridized carbons (Fsp3) is 0.0909. The molecule has 0 spiro atoms. The van der Waals surface area contributed by atoms with E-state index >= 15 is 0 Å². The zero-order valence-corrected chi connectivity index (χ0v) is 18.7. The summed E-state index contributed by atoms with van der Waals surface area (Å²) in [6, 6.07) is 20.4. The summed E-state index contributed by atoms with van der Waals surface area (Å²) in [6.07, 6.45) is 1.57. The molecule has 0 radical (unpaired) electrons. The van der Waals surface area contributed by atoms with Crippen LogP contribution in [0.25, 0.3) is 0 Å². The van der Waals surface area contributed by atoms with Gasteiger partial charge in [0, 0.05) is 14.5 Å². The maximum absolute atomic E-state index is 12.2. The van der Waals surface area contributed by atoms with Crippen molar-refractivity contribution in [3.05, 3.63) is 92.4 Å². The highest BCUT2D eigenvalue weighted by molar-refractivity contribution is 9.11. The van der Waals surface area contributed by atoms with Crippen molar-refractivity contribution in [2.45, 2.75) is 6.61 Å². The fourth-order valence-corrected chi connectivity index (χ4v) is 3.67. The number of para-hydroxylation sites is 1. The number of benzene rings is 3. The summed E-state index contributed by atoms with van der Waals surface area (Å²) in [7, 11) is 1.52. The molecule has 0 aliphatic carbocycles. The number of hydrogen-bond donors (Lipinski definition) is 1. The molecule has 0 atom stereocenters. The summed E-state index contributed by atoms with van der Waals surface area (Å²) in [5.41, 5.74) is 4.82. The van der Waals surface area contributed by atoms with E-state index in [2.05, 4.69) is 42.4 Å². The second-order valence-corrected chi connectivity index (χ2v) is 7.76. The summed E-state index contributed by atoms with van der Waals surface area (Å²) < 4.78 is 13.0. The number of rotatable bonds is 7. The number of hydrazone groups is 1. The van der Waals surface area contributed by atoms with Crippen molar-refractivity contribution in [3.63, 3.8) is 0 Å². The first-order chi connectivity index (χ1) is 14.1. The van der Waals surface area contributed by atoms with Crippen LogP contribution in [-0.2, 0) is 6.61 Å². The van der Waals surface area contributed by atoms with Crippen LogP contribution < -0.4 is 14.9 Å². The predicted octanol–water partition coefficient (Wildman–Crippen LogP) is 5.56. The lowest BCUT2D eigenvalue weighted by molar-refractivity contribution is 0.0952. The fourth-order valence-electron chi connectivity index (χ4n) is 2.51. The number of carbonyl (C=O) groups excluding carboxylic acids is 1. The first-order valence-corrected chi connectivity index (χ1v) is 10.3. The molecule has 3 aromatic rings. The molecule has 3 aromatic carbocycles. The van der Waals surface area contributed by atoms with E-state index in [-0.39, 0.29) is 5.91 Å². The third-order valence-electron chi connectivity index (χ3n) is 4.02. The average Bonchev–Trinajstić information content (AvgIpc) is 2.74. The molecule has 1 N–H and O–H groups in total. The molecular formula is C22H18Br2N2O3. The number of nitrogens with one attached hydrogen (secondary N) is 1. The highest BCUT2D eigenvalue weighted by Gasteiger charge is 2.10. The Morgan fingerprint density at radius 3 is 2.55 bits per heavy atom. The minimum atomic E-state index is -0.335. The smallest absolute Gasteiger partial charge is 0.275 e. The van der Waals surface area contributed by atoms with E-state index in [1.165, 1.54) is 7.11 Å². The summed E-state index contributed by atoms with van der Waals surface area (Å²) in [5, 5.41) is 4.00. The second-order valence-electron chi connectivity index (χ2n) is 5.99. The van der Waals surface area contributed by atoms with Crippen LogP contribution in [0.3, 0.4) is 0 Å². The zero-order chi connectivity index (χ0) is 20.6. The SMILES string of the molecule is COc1ccccc1C(=O)N/N=C/c1ccc(OCc2ccc(Br)cc2Br)cc1. The molecule has 0 heterocycles. The number of amides is 1. The van der Waals surface area contributed by atoms with Crippen molar-refractivity contribution in [3.8, 4) is 11.5 Å². The van der Waals surface area contributed by atoms with Gasteiger partial charge < -0.3 is 9.47 Å². The Kier molecular flexibility index (Phi) is 7.43. The molecule has 3 rings (SSSR count). The molecule has 148 valence electrons. The Morgan fingerprint density at radius 1 is 1.07 bits per heavy atom. The van der Waals surface area contributed by atoms with Crippen molar-refractivity contribution in [2.24, 2.45) is 5.10 Å². The second kappa shape index (κ2) is 10.2. The summed E-state index contributed by atoms with van der Waals surface area (Å²) in [5.74, 6) is 0.910. The van der Waals surface area contributed by atoms with Gasteiger partial charge in [0.2, 0.25) is 0 Å². The quantitative estimate of drug-likeness (QED) is 0.329. The Morgan fingerprint density at radius 2 is 1.83 bits per heavy atom. The first-order valence-electron chi connectivity index (χ1n) is 8.70. The van der Waals surface area contributed by atoms with Crippen molar-refractivity contribution >= 4 is 44.0 Å². The average molecular weight is 518 g/mol. The highest BCUT2D eigenvalue weighted by Crippen LogP contribution is 2.23. The standard InChI is InChI=1S/C22H18Br2N2O3/c1-28-21-5-3-2-4-19(21)22(27)26-25-13-15-6-10-18(11-7-15)29-14-16-8-9-17(23)12-20(16)24/h2-13H,14H2,1H3,(H,26,27)/b25-13+. The lowest BCUT2D eigenvalue weighted by atomic mass is 10.2. The van der Waals surface area contributed by atoms with E-state index in [1.54, 1.807) is 30.5 Å². The molecule has 0 aliphatic heterocycles. The molecular weight excluding hydrogens is 500 g/mol. The first kappa shape index (κ1) is 21.1. The minimum absolute atomic E-state index is 0.335. The number of carbonyl (C=O) groups is 1. The normalized spacial score (nSPS) is 10.7. The van der Waals surface area contributed by atoms with Crippen LogP contribution >= 0.6 is 31.9 Å². The van der Waals surface area contributed by atoms with E-state index < -0.39 is 0 Å². The lowest BCUT2D eigenvalue weighted by Crippen LogP contribution is -2.18. The van der Waals surface area contributed by atoms with Gasteiger partial charge in [-0.2, -0.15) is 5.10 Å².